The van der Waals surface area contributed by atoms with Gasteiger partial charge in [0.1, 0.15) is 0 Å². The number of benzene rings is 3. The number of amides is 2. The topological polar surface area (TPSA) is 104 Å². The van der Waals surface area contributed by atoms with E-state index in [9.17, 15) is 18.0 Å². The van der Waals surface area contributed by atoms with E-state index in [4.69, 9.17) is 0 Å². The Kier molecular flexibility index (Phi) is 6.53. The number of halogens is 1. The first-order valence-corrected chi connectivity index (χ1v) is 11.1. The highest BCUT2D eigenvalue weighted by Crippen LogP contribution is 2.22. The lowest BCUT2D eigenvalue weighted by molar-refractivity contribution is 0.0961. The molecule has 0 heterocycles. The van der Waals surface area contributed by atoms with Crippen LogP contribution in [0.2, 0.25) is 0 Å². The second-order valence-corrected chi connectivity index (χ2v) is 8.86. The zero-order valence-corrected chi connectivity index (χ0v) is 18.2. The molecule has 0 aliphatic carbocycles. The van der Waals surface area contributed by atoms with Crippen molar-refractivity contribution in [3.63, 3.8) is 0 Å². The molecule has 2 amide bonds. The molecule has 0 bridgehead atoms. The highest BCUT2D eigenvalue weighted by Gasteiger charge is 2.17. The van der Waals surface area contributed by atoms with E-state index in [1.807, 2.05) is 0 Å². The van der Waals surface area contributed by atoms with E-state index in [-0.39, 0.29) is 16.4 Å². The van der Waals surface area contributed by atoms with Crippen LogP contribution in [-0.4, -0.2) is 27.3 Å². The minimum absolute atomic E-state index is 0.0423. The van der Waals surface area contributed by atoms with Crippen LogP contribution in [0.25, 0.3) is 0 Å². The lowest BCUT2D eigenvalue weighted by atomic mass is 10.1. The molecule has 3 aromatic carbocycles. The summed E-state index contributed by atoms with van der Waals surface area (Å²) in [6, 6.07) is 19.0. The molecule has 9 heteroatoms. The number of hydrogen-bond acceptors (Lipinski definition) is 4. The number of rotatable bonds is 6. The predicted octanol–water partition coefficient (Wildman–Crippen LogP) is 3.86. The third-order valence-corrected chi connectivity index (χ3v) is 5.91. The van der Waals surface area contributed by atoms with Gasteiger partial charge in [-0.25, -0.2) is 8.42 Å². The molecular formula is C21H18BrN3O4S. The Balaban J connectivity index is 1.83. The molecule has 0 spiro atoms. The summed E-state index contributed by atoms with van der Waals surface area (Å²) in [4.78, 5) is 24.5. The van der Waals surface area contributed by atoms with Crippen LogP contribution in [0.3, 0.4) is 0 Å². The molecule has 3 N–H and O–H groups in total. The summed E-state index contributed by atoms with van der Waals surface area (Å²) in [5.41, 5.74) is 1.34. The average molecular weight is 488 g/mol. The highest BCUT2D eigenvalue weighted by atomic mass is 79.9. The first kappa shape index (κ1) is 21.5. The van der Waals surface area contributed by atoms with Crippen molar-refractivity contribution in [1.82, 2.24) is 5.32 Å². The van der Waals surface area contributed by atoms with Gasteiger partial charge in [0.15, 0.2) is 0 Å². The van der Waals surface area contributed by atoms with E-state index in [1.165, 1.54) is 37.4 Å². The van der Waals surface area contributed by atoms with E-state index >= 15 is 0 Å². The quantitative estimate of drug-likeness (QED) is 0.490. The summed E-state index contributed by atoms with van der Waals surface area (Å²) < 4.78 is 28.4. The van der Waals surface area contributed by atoms with Gasteiger partial charge in [0, 0.05) is 34.0 Å². The fourth-order valence-electron chi connectivity index (χ4n) is 2.67. The Morgan fingerprint density at radius 1 is 0.800 bits per heavy atom. The van der Waals surface area contributed by atoms with E-state index in [0.717, 1.165) is 0 Å². The van der Waals surface area contributed by atoms with Crippen molar-refractivity contribution in [3.05, 3.63) is 88.4 Å². The number of carbonyl (C=O) groups is 2. The van der Waals surface area contributed by atoms with Crippen LogP contribution in [0.4, 0.5) is 11.4 Å². The average Bonchev–Trinajstić information content (AvgIpc) is 2.73. The van der Waals surface area contributed by atoms with Crippen LogP contribution < -0.4 is 15.4 Å². The van der Waals surface area contributed by atoms with Crippen molar-refractivity contribution in [1.29, 1.82) is 0 Å². The number of sulfonamides is 1. The Morgan fingerprint density at radius 3 is 2.23 bits per heavy atom. The molecule has 0 unspecified atom stereocenters. The van der Waals surface area contributed by atoms with E-state index in [0.29, 0.717) is 21.4 Å². The minimum Gasteiger partial charge on any atom is -0.355 e. The molecule has 7 nitrogen and oxygen atoms in total. The predicted molar refractivity (Wildman–Crippen MR) is 119 cm³/mol. The van der Waals surface area contributed by atoms with E-state index in [2.05, 4.69) is 31.3 Å². The molecule has 3 aromatic rings. The molecule has 154 valence electrons. The van der Waals surface area contributed by atoms with Gasteiger partial charge in [0.05, 0.1) is 4.90 Å². The van der Waals surface area contributed by atoms with Crippen molar-refractivity contribution >= 4 is 49.1 Å². The standard InChI is InChI=1S/C21H18BrN3O4S/c1-23-20(26)15-10-16(22)13-18(11-15)24-21(27)14-6-5-9-19(12-14)30(28,29)25-17-7-3-2-4-8-17/h2-13,25H,1H3,(H,23,26)(H,24,27). The van der Waals surface area contributed by atoms with Crippen molar-refractivity contribution < 1.29 is 18.0 Å². The molecule has 0 atom stereocenters. The zero-order chi connectivity index (χ0) is 21.7. The van der Waals surface area contributed by atoms with Gasteiger partial charge in [-0.1, -0.05) is 40.2 Å². The van der Waals surface area contributed by atoms with Crippen molar-refractivity contribution in [3.8, 4) is 0 Å². The zero-order valence-electron chi connectivity index (χ0n) is 15.8. The third kappa shape index (κ3) is 5.25. The summed E-state index contributed by atoms with van der Waals surface area (Å²) in [7, 11) is -2.35. The largest absolute Gasteiger partial charge is 0.355 e. The first-order valence-electron chi connectivity index (χ1n) is 8.80. The molecule has 0 fully saturated rings. The number of anilines is 2. The van der Waals surface area contributed by atoms with Crippen LogP contribution in [0.5, 0.6) is 0 Å². The number of para-hydroxylation sites is 1. The van der Waals surface area contributed by atoms with Crippen molar-refractivity contribution in [2.45, 2.75) is 4.90 Å². The van der Waals surface area contributed by atoms with Gasteiger partial charge >= 0.3 is 0 Å². The second-order valence-electron chi connectivity index (χ2n) is 6.26. The summed E-state index contributed by atoms with van der Waals surface area (Å²) in [5.74, 6) is -0.806. The van der Waals surface area contributed by atoms with Crippen LogP contribution in [0, 0.1) is 0 Å². The van der Waals surface area contributed by atoms with Gasteiger partial charge in [-0.3, -0.25) is 14.3 Å². The van der Waals surface area contributed by atoms with Crippen molar-refractivity contribution in [2.24, 2.45) is 0 Å². The molecule has 0 aliphatic rings. The number of carbonyl (C=O) groups excluding carboxylic acids is 2. The SMILES string of the molecule is CNC(=O)c1cc(Br)cc(NC(=O)c2cccc(S(=O)(=O)Nc3ccccc3)c2)c1. The Morgan fingerprint density at radius 2 is 1.53 bits per heavy atom. The highest BCUT2D eigenvalue weighted by molar-refractivity contribution is 9.10. The lowest BCUT2D eigenvalue weighted by Gasteiger charge is -2.11. The Hall–Kier alpha value is -3.17. The van der Waals surface area contributed by atoms with Gasteiger partial charge in [-0.2, -0.15) is 0 Å². The second kappa shape index (κ2) is 9.10. The summed E-state index contributed by atoms with van der Waals surface area (Å²) in [6.45, 7) is 0. The first-order chi connectivity index (χ1) is 14.3. The lowest BCUT2D eigenvalue weighted by Crippen LogP contribution is -2.19. The Labute approximate surface area is 182 Å². The smallest absolute Gasteiger partial charge is 0.261 e. The number of hydrogen-bond donors (Lipinski definition) is 3. The van der Waals surface area contributed by atoms with Gasteiger partial charge in [0.2, 0.25) is 0 Å². The molecule has 0 aliphatic heterocycles. The van der Waals surface area contributed by atoms with Crippen LogP contribution in [0.15, 0.2) is 82.2 Å². The fourth-order valence-corrected chi connectivity index (χ4v) is 4.26. The van der Waals surface area contributed by atoms with Gasteiger partial charge < -0.3 is 10.6 Å². The maximum absolute atomic E-state index is 12.7. The van der Waals surface area contributed by atoms with Crippen LogP contribution in [0.1, 0.15) is 20.7 Å². The van der Waals surface area contributed by atoms with Gasteiger partial charge in [0.25, 0.3) is 21.8 Å². The maximum Gasteiger partial charge on any atom is 0.261 e. The van der Waals surface area contributed by atoms with Gasteiger partial charge in [-0.05, 0) is 48.5 Å². The maximum atomic E-state index is 12.7. The summed E-state index contributed by atoms with van der Waals surface area (Å²) in [5, 5.41) is 5.20. The normalized spacial score (nSPS) is 10.9. The molecule has 30 heavy (non-hydrogen) atoms. The molecule has 0 saturated carbocycles. The molecule has 0 saturated heterocycles. The van der Waals surface area contributed by atoms with Crippen LogP contribution >= 0.6 is 15.9 Å². The Bertz CT molecular complexity index is 1200. The van der Waals surface area contributed by atoms with Crippen molar-refractivity contribution in [2.75, 3.05) is 17.1 Å². The molecular weight excluding hydrogens is 470 g/mol. The summed E-state index contributed by atoms with van der Waals surface area (Å²) in [6.07, 6.45) is 0. The third-order valence-electron chi connectivity index (χ3n) is 4.08. The summed E-state index contributed by atoms with van der Waals surface area (Å²) >= 11 is 3.31. The van der Waals surface area contributed by atoms with Crippen LogP contribution in [-0.2, 0) is 10.0 Å². The molecule has 0 radical (unpaired) electrons. The fraction of sp³-hybridized carbons (Fsp3) is 0.0476. The minimum atomic E-state index is -3.86. The molecule has 3 rings (SSSR count). The van der Waals surface area contributed by atoms with E-state index < -0.39 is 15.9 Å². The molecule has 0 aromatic heterocycles. The number of nitrogens with one attached hydrogen (secondary N) is 3. The monoisotopic (exact) mass is 487 g/mol. The van der Waals surface area contributed by atoms with E-state index in [1.54, 1.807) is 42.5 Å². The van der Waals surface area contributed by atoms with Gasteiger partial charge in [-0.15, -0.1) is 0 Å².